The number of nitrogens with one attached hydrogen (secondary N) is 1. The molecule has 0 fully saturated rings. The molecule has 0 spiro atoms. The van der Waals surface area contributed by atoms with E-state index in [2.05, 4.69) is 49.5 Å². The lowest BCUT2D eigenvalue weighted by molar-refractivity contribution is 0.467. The van der Waals surface area contributed by atoms with Gasteiger partial charge in [0.2, 0.25) is 0 Å². The van der Waals surface area contributed by atoms with Crippen LogP contribution < -0.4 is 5.32 Å². The number of phenols is 1. The van der Waals surface area contributed by atoms with Crippen LogP contribution in [0.1, 0.15) is 36.4 Å². The molecule has 1 heterocycles. The van der Waals surface area contributed by atoms with Gasteiger partial charge in [0.1, 0.15) is 5.75 Å². The largest absolute Gasteiger partial charge is 0.508 e. The van der Waals surface area contributed by atoms with Gasteiger partial charge in [-0.15, -0.1) is 11.3 Å². The van der Waals surface area contributed by atoms with E-state index >= 15 is 0 Å². The van der Waals surface area contributed by atoms with Gasteiger partial charge in [0.25, 0.3) is 0 Å². The SMILES string of the molecule is CC(NC(C)c1cc2ccccc2s1)c1cccc(O)c1. The summed E-state index contributed by atoms with van der Waals surface area (Å²) in [6.45, 7) is 4.31. The third-order valence-corrected chi connectivity index (χ3v) is 5.04. The van der Waals surface area contributed by atoms with E-state index in [1.165, 1.54) is 15.0 Å². The van der Waals surface area contributed by atoms with Crippen molar-refractivity contribution in [2.45, 2.75) is 25.9 Å². The zero-order valence-electron chi connectivity index (χ0n) is 12.2. The van der Waals surface area contributed by atoms with Gasteiger partial charge >= 0.3 is 0 Å². The number of hydrogen-bond donors (Lipinski definition) is 2. The fourth-order valence-electron chi connectivity index (χ4n) is 2.56. The Labute approximate surface area is 129 Å². The van der Waals surface area contributed by atoms with Crippen molar-refractivity contribution >= 4 is 21.4 Å². The van der Waals surface area contributed by atoms with Gasteiger partial charge in [0.05, 0.1) is 0 Å². The van der Waals surface area contributed by atoms with Gasteiger partial charge in [0.15, 0.2) is 0 Å². The average Bonchev–Trinajstić information content (AvgIpc) is 2.91. The van der Waals surface area contributed by atoms with E-state index < -0.39 is 0 Å². The maximum absolute atomic E-state index is 9.58. The first-order chi connectivity index (χ1) is 10.1. The van der Waals surface area contributed by atoms with Gasteiger partial charge in [0, 0.05) is 21.7 Å². The van der Waals surface area contributed by atoms with Crippen LogP contribution in [0.4, 0.5) is 0 Å². The number of phenolic OH excluding ortho intramolecular Hbond substituents is 1. The lowest BCUT2D eigenvalue weighted by Gasteiger charge is -2.19. The maximum atomic E-state index is 9.58. The van der Waals surface area contributed by atoms with Gasteiger partial charge in [-0.05, 0) is 49.1 Å². The van der Waals surface area contributed by atoms with E-state index in [1.54, 1.807) is 6.07 Å². The van der Waals surface area contributed by atoms with Crippen LogP contribution in [0, 0.1) is 0 Å². The molecule has 0 saturated heterocycles. The number of hydrogen-bond acceptors (Lipinski definition) is 3. The van der Waals surface area contributed by atoms with Crippen LogP contribution >= 0.6 is 11.3 Å². The molecule has 0 radical (unpaired) electrons. The van der Waals surface area contributed by atoms with Crippen molar-refractivity contribution in [1.29, 1.82) is 0 Å². The molecule has 2 N–H and O–H groups in total. The maximum Gasteiger partial charge on any atom is 0.115 e. The van der Waals surface area contributed by atoms with Gasteiger partial charge in [-0.25, -0.2) is 0 Å². The lowest BCUT2D eigenvalue weighted by Crippen LogP contribution is -2.21. The Kier molecular flexibility index (Phi) is 3.95. The molecule has 3 aromatic rings. The lowest BCUT2D eigenvalue weighted by atomic mass is 10.1. The van der Waals surface area contributed by atoms with Crippen LogP contribution in [0.3, 0.4) is 0 Å². The number of aromatic hydroxyl groups is 1. The number of thiophene rings is 1. The summed E-state index contributed by atoms with van der Waals surface area (Å²) in [5, 5.41) is 14.5. The van der Waals surface area contributed by atoms with Crippen molar-refractivity contribution in [2.24, 2.45) is 0 Å². The minimum absolute atomic E-state index is 0.192. The first kappa shape index (κ1) is 14.1. The van der Waals surface area contributed by atoms with Crippen molar-refractivity contribution in [1.82, 2.24) is 5.32 Å². The molecule has 21 heavy (non-hydrogen) atoms. The minimum Gasteiger partial charge on any atom is -0.508 e. The molecule has 2 unspecified atom stereocenters. The summed E-state index contributed by atoms with van der Waals surface area (Å²) in [4.78, 5) is 1.34. The first-order valence-corrected chi connectivity index (χ1v) is 7.98. The van der Waals surface area contributed by atoms with Crippen molar-refractivity contribution in [3.05, 3.63) is 65.0 Å². The summed E-state index contributed by atoms with van der Waals surface area (Å²) in [6.07, 6.45) is 0. The molecule has 3 rings (SSSR count). The molecular weight excluding hydrogens is 278 g/mol. The van der Waals surface area contributed by atoms with Crippen LogP contribution in [0.5, 0.6) is 5.75 Å². The highest BCUT2D eigenvalue weighted by Gasteiger charge is 2.13. The Bertz CT molecular complexity index is 717. The third-order valence-electron chi connectivity index (χ3n) is 3.74. The zero-order valence-corrected chi connectivity index (χ0v) is 13.0. The highest BCUT2D eigenvalue weighted by Crippen LogP contribution is 2.31. The summed E-state index contributed by atoms with van der Waals surface area (Å²) in [6, 6.07) is 18.6. The molecule has 3 heteroatoms. The van der Waals surface area contributed by atoms with E-state index in [0.29, 0.717) is 5.75 Å². The highest BCUT2D eigenvalue weighted by atomic mass is 32.1. The van der Waals surface area contributed by atoms with Crippen LogP contribution in [0.25, 0.3) is 10.1 Å². The molecular formula is C18H19NOS. The Morgan fingerprint density at radius 2 is 1.76 bits per heavy atom. The number of fused-ring (bicyclic) bond motifs is 1. The van der Waals surface area contributed by atoms with Gasteiger partial charge in [-0.3, -0.25) is 0 Å². The Hall–Kier alpha value is -1.84. The summed E-state index contributed by atoms with van der Waals surface area (Å²) >= 11 is 1.83. The summed E-state index contributed by atoms with van der Waals surface area (Å²) < 4.78 is 1.33. The zero-order chi connectivity index (χ0) is 14.8. The highest BCUT2D eigenvalue weighted by molar-refractivity contribution is 7.19. The smallest absolute Gasteiger partial charge is 0.115 e. The predicted molar refractivity (Wildman–Crippen MR) is 89.9 cm³/mol. The van der Waals surface area contributed by atoms with E-state index in [9.17, 15) is 5.11 Å². The Balaban J connectivity index is 1.77. The molecule has 2 atom stereocenters. The molecule has 0 amide bonds. The Morgan fingerprint density at radius 1 is 0.952 bits per heavy atom. The van der Waals surface area contributed by atoms with Gasteiger partial charge in [-0.2, -0.15) is 0 Å². The van der Waals surface area contributed by atoms with Crippen molar-refractivity contribution in [2.75, 3.05) is 0 Å². The number of rotatable bonds is 4. The fourth-order valence-corrected chi connectivity index (χ4v) is 3.64. The monoisotopic (exact) mass is 297 g/mol. The second kappa shape index (κ2) is 5.88. The molecule has 1 aromatic heterocycles. The summed E-state index contributed by atoms with van der Waals surface area (Å²) in [5.74, 6) is 0.315. The first-order valence-electron chi connectivity index (χ1n) is 7.17. The topological polar surface area (TPSA) is 32.3 Å². The quantitative estimate of drug-likeness (QED) is 0.708. The summed E-state index contributed by atoms with van der Waals surface area (Å²) in [5.41, 5.74) is 1.10. The molecule has 108 valence electrons. The average molecular weight is 297 g/mol. The molecule has 0 aliphatic heterocycles. The third kappa shape index (κ3) is 3.09. The van der Waals surface area contributed by atoms with Crippen molar-refractivity contribution in [3.8, 4) is 5.75 Å². The molecule has 0 saturated carbocycles. The van der Waals surface area contributed by atoms with Crippen LogP contribution in [0.2, 0.25) is 0 Å². The molecule has 2 nitrogen and oxygen atoms in total. The second-order valence-corrected chi connectivity index (χ2v) is 6.51. The van der Waals surface area contributed by atoms with Crippen LogP contribution in [-0.2, 0) is 0 Å². The van der Waals surface area contributed by atoms with E-state index in [4.69, 9.17) is 0 Å². The van der Waals surface area contributed by atoms with E-state index in [0.717, 1.165) is 5.56 Å². The van der Waals surface area contributed by atoms with Gasteiger partial charge < -0.3 is 10.4 Å². The van der Waals surface area contributed by atoms with E-state index in [1.807, 2.05) is 29.5 Å². The van der Waals surface area contributed by atoms with Gasteiger partial charge in [-0.1, -0.05) is 30.3 Å². The molecule has 0 bridgehead atoms. The molecule has 0 aliphatic carbocycles. The number of benzene rings is 2. The molecule has 2 aromatic carbocycles. The fraction of sp³-hybridized carbons (Fsp3) is 0.222. The Morgan fingerprint density at radius 3 is 2.52 bits per heavy atom. The van der Waals surface area contributed by atoms with Crippen LogP contribution in [-0.4, -0.2) is 5.11 Å². The predicted octanol–water partition coefficient (Wildman–Crippen LogP) is 5.02. The minimum atomic E-state index is 0.192. The van der Waals surface area contributed by atoms with Crippen LogP contribution in [0.15, 0.2) is 54.6 Å². The standard InChI is InChI=1S/C18H19NOS/c1-12(14-7-5-8-16(20)10-14)19-13(2)18-11-15-6-3-4-9-17(15)21-18/h3-13,19-20H,1-2H3. The summed E-state index contributed by atoms with van der Waals surface area (Å²) in [7, 11) is 0. The molecule has 0 aliphatic rings. The van der Waals surface area contributed by atoms with Crippen molar-refractivity contribution < 1.29 is 5.11 Å². The second-order valence-electron chi connectivity index (χ2n) is 5.39. The normalized spacial score (nSPS) is 14.2. The van der Waals surface area contributed by atoms with Crippen molar-refractivity contribution in [3.63, 3.8) is 0 Å². The van der Waals surface area contributed by atoms with E-state index in [-0.39, 0.29) is 12.1 Å².